The molecule has 1 aromatic rings. The zero-order valence-corrected chi connectivity index (χ0v) is 10.8. The van der Waals surface area contributed by atoms with Crippen molar-refractivity contribution in [3.8, 4) is 0 Å². The molecular formula is C9H13ClFN3O2S. The summed E-state index contributed by atoms with van der Waals surface area (Å²) in [5.74, 6) is -0.428. The third-order valence-corrected chi connectivity index (χ3v) is 2.75. The second-order valence-corrected chi connectivity index (χ2v) is 5.70. The minimum Gasteiger partial charge on any atom is -0.368 e. The Morgan fingerprint density at radius 1 is 1.47 bits per heavy atom. The Bertz CT molecular complexity index is 481. The molecule has 5 nitrogen and oxygen atoms in total. The highest BCUT2D eigenvalue weighted by atomic mass is 35.5. The van der Waals surface area contributed by atoms with E-state index in [0.717, 1.165) is 12.3 Å². The maximum absolute atomic E-state index is 13.2. The summed E-state index contributed by atoms with van der Waals surface area (Å²) in [6.07, 6.45) is 2.94. The lowest BCUT2D eigenvalue weighted by atomic mass is 10.4. The minimum atomic E-state index is -3.17. The van der Waals surface area contributed by atoms with Crippen molar-refractivity contribution in [3.05, 3.63) is 23.1 Å². The van der Waals surface area contributed by atoms with Gasteiger partial charge in [0.15, 0.2) is 11.6 Å². The van der Waals surface area contributed by atoms with E-state index in [0.29, 0.717) is 19.5 Å². The van der Waals surface area contributed by atoms with Crippen molar-refractivity contribution in [2.75, 3.05) is 24.7 Å². The summed E-state index contributed by atoms with van der Waals surface area (Å²) in [7, 11) is -3.17. The summed E-state index contributed by atoms with van der Waals surface area (Å²) in [4.78, 5) is 3.77. The van der Waals surface area contributed by atoms with Gasteiger partial charge in [-0.15, -0.1) is 0 Å². The SMILES string of the molecule is CS(=O)(=O)NCCCNc1ncc(Cl)cc1F. The molecule has 0 fully saturated rings. The van der Waals surface area contributed by atoms with Crippen LogP contribution in [0.5, 0.6) is 0 Å². The third kappa shape index (κ3) is 5.81. The van der Waals surface area contributed by atoms with Crippen LogP contribution in [0.3, 0.4) is 0 Å². The fraction of sp³-hybridized carbons (Fsp3) is 0.444. The van der Waals surface area contributed by atoms with Crippen LogP contribution < -0.4 is 10.0 Å². The topological polar surface area (TPSA) is 71.1 Å². The predicted molar refractivity (Wildman–Crippen MR) is 65.2 cm³/mol. The fourth-order valence-electron chi connectivity index (χ4n) is 1.10. The van der Waals surface area contributed by atoms with Crippen molar-refractivity contribution in [2.45, 2.75) is 6.42 Å². The number of sulfonamides is 1. The maximum Gasteiger partial charge on any atom is 0.208 e. The Hall–Kier alpha value is -0.920. The molecule has 0 bridgehead atoms. The van der Waals surface area contributed by atoms with Gasteiger partial charge < -0.3 is 5.32 Å². The van der Waals surface area contributed by atoms with E-state index < -0.39 is 15.8 Å². The van der Waals surface area contributed by atoms with Gasteiger partial charge in [-0.3, -0.25) is 0 Å². The lowest BCUT2D eigenvalue weighted by Crippen LogP contribution is -2.24. The first-order valence-corrected chi connectivity index (χ1v) is 7.15. The summed E-state index contributed by atoms with van der Waals surface area (Å²) < 4.78 is 37.0. The number of nitrogens with one attached hydrogen (secondary N) is 2. The molecule has 1 heterocycles. The van der Waals surface area contributed by atoms with Crippen molar-refractivity contribution < 1.29 is 12.8 Å². The first-order chi connectivity index (χ1) is 7.88. The van der Waals surface area contributed by atoms with Crippen LogP contribution >= 0.6 is 11.6 Å². The average molecular weight is 282 g/mol. The summed E-state index contributed by atoms with van der Waals surface area (Å²) in [6, 6.07) is 1.16. The zero-order valence-electron chi connectivity index (χ0n) is 9.20. The fourth-order valence-corrected chi connectivity index (χ4v) is 1.76. The number of anilines is 1. The predicted octanol–water partition coefficient (Wildman–Crippen LogP) is 1.23. The normalized spacial score (nSPS) is 11.5. The first kappa shape index (κ1) is 14.1. The summed E-state index contributed by atoms with van der Waals surface area (Å²) in [5, 5.41) is 2.98. The highest BCUT2D eigenvalue weighted by molar-refractivity contribution is 7.88. The Labute approximate surface area is 104 Å². The van der Waals surface area contributed by atoms with Gasteiger partial charge in [0.05, 0.1) is 11.3 Å². The van der Waals surface area contributed by atoms with Gasteiger partial charge in [0, 0.05) is 19.3 Å². The van der Waals surface area contributed by atoms with Crippen molar-refractivity contribution in [1.29, 1.82) is 0 Å². The number of halogens is 2. The van der Waals surface area contributed by atoms with E-state index in [-0.39, 0.29) is 10.8 Å². The van der Waals surface area contributed by atoms with Gasteiger partial charge >= 0.3 is 0 Å². The van der Waals surface area contributed by atoms with E-state index in [1.54, 1.807) is 0 Å². The minimum absolute atomic E-state index is 0.105. The monoisotopic (exact) mass is 281 g/mol. The molecule has 0 aliphatic heterocycles. The first-order valence-electron chi connectivity index (χ1n) is 4.88. The molecule has 96 valence electrons. The molecule has 0 aromatic carbocycles. The number of nitrogens with zero attached hydrogens (tertiary/aromatic N) is 1. The summed E-state index contributed by atoms with van der Waals surface area (Å²) in [6.45, 7) is 0.703. The van der Waals surface area contributed by atoms with Crippen molar-refractivity contribution in [3.63, 3.8) is 0 Å². The van der Waals surface area contributed by atoms with Crippen molar-refractivity contribution >= 4 is 27.4 Å². The van der Waals surface area contributed by atoms with Crippen LogP contribution in [-0.2, 0) is 10.0 Å². The molecular weight excluding hydrogens is 269 g/mol. The van der Waals surface area contributed by atoms with Gasteiger partial charge in [-0.05, 0) is 12.5 Å². The molecule has 17 heavy (non-hydrogen) atoms. The number of hydrogen-bond donors (Lipinski definition) is 2. The smallest absolute Gasteiger partial charge is 0.208 e. The number of aromatic nitrogens is 1. The van der Waals surface area contributed by atoms with Crippen LogP contribution in [0.2, 0.25) is 5.02 Å². The van der Waals surface area contributed by atoms with Crippen molar-refractivity contribution in [1.82, 2.24) is 9.71 Å². The largest absolute Gasteiger partial charge is 0.368 e. The molecule has 0 aliphatic rings. The molecule has 0 saturated carbocycles. The molecule has 2 N–H and O–H groups in total. The molecule has 1 aromatic heterocycles. The van der Waals surface area contributed by atoms with E-state index in [1.807, 2.05) is 0 Å². The van der Waals surface area contributed by atoms with Gasteiger partial charge in [0.1, 0.15) is 0 Å². The number of pyridine rings is 1. The molecule has 8 heteroatoms. The lowest BCUT2D eigenvalue weighted by Gasteiger charge is -2.06. The molecule has 1 rings (SSSR count). The highest BCUT2D eigenvalue weighted by Crippen LogP contribution is 2.15. The van der Waals surface area contributed by atoms with E-state index >= 15 is 0 Å². The second kappa shape index (κ2) is 6.13. The molecule has 0 aliphatic carbocycles. The highest BCUT2D eigenvalue weighted by Gasteiger charge is 2.04. The van der Waals surface area contributed by atoms with Gasteiger partial charge in [0.2, 0.25) is 10.0 Å². The van der Waals surface area contributed by atoms with Gasteiger partial charge in [-0.1, -0.05) is 11.6 Å². The van der Waals surface area contributed by atoms with E-state index in [2.05, 4.69) is 15.0 Å². The lowest BCUT2D eigenvalue weighted by molar-refractivity contribution is 0.586. The molecule has 0 saturated heterocycles. The van der Waals surface area contributed by atoms with Crippen LogP contribution in [0.4, 0.5) is 10.2 Å². The van der Waals surface area contributed by atoms with Crippen LogP contribution in [0, 0.1) is 5.82 Å². The Kier molecular flexibility index (Phi) is 5.10. The standard InChI is InChI=1S/C9H13ClFN3O2S/c1-17(15,16)14-4-2-3-12-9-8(11)5-7(10)6-13-9/h5-6,14H,2-4H2,1H3,(H,12,13). The quantitative estimate of drug-likeness (QED) is 0.769. The molecule has 0 atom stereocenters. The average Bonchev–Trinajstić information content (AvgIpc) is 2.18. The molecule has 0 amide bonds. The number of hydrogen-bond acceptors (Lipinski definition) is 4. The number of rotatable bonds is 6. The second-order valence-electron chi connectivity index (χ2n) is 3.43. The van der Waals surface area contributed by atoms with Crippen molar-refractivity contribution in [2.24, 2.45) is 0 Å². The Morgan fingerprint density at radius 3 is 2.76 bits per heavy atom. The molecule has 0 radical (unpaired) electrons. The Morgan fingerprint density at radius 2 is 2.18 bits per heavy atom. The van der Waals surface area contributed by atoms with Crippen LogP contribution in [0.15, 0.2) is 12.3 Å². The van der Waals surface area contributed by atoms with Crippen LogP contribution in [0.25, 0.3) is 0 Å². The van der Waals surface area contributed by atoms with E-state index in [1.165, 1.54) is 6.20 Å². The van der Waals surface area contributed by atoms with Gasteiger partial charge in [0.25, 0.3) is 0 Å². The molecule has 0 unspecified atom stereocenters. The maximum atomic E-state index is 13.2. The molecule has 0 spiro atoms. The van der Waals surface area contributed by atoms with E-state index in [9.17, 15) is 12.8 Å². The summed E-state index contributed by atoms with van der Waals surface area (Å²) >= 11 is 5.54. The van der Waals surface area contributed by atoms with Gasteiger partial charge in [-0.2, -0.15) is 0 Å². The van der Waals surface area contributed by atoms with Crippen LogP contribution in [0.1, 0.15) is 6.42 Å². The third-order valence-electron chi connectivity index (χ3n) is 1.82. The van der Waals surface area contributed by atoms with E-state index in [4.69, 9.17) is 11.6 Å². The zero-order chi connectivity index (χ0) is 12.9. The summed E-state index contributed by atoms with van der Waals surface area (Å²) in [5.41, 5.74) is 0. The van der Waals surface area contributed by atoms with Crippen LogP contribution in [-0.4, -0.2) is 32.7 Å². The Balaban J connectivity index is 2.32. The van der Waals surface area contributed by atoms with Gasteiger partial charge in [-0.25, -0.2) is 22.5 Å².